The van der Waals surface area contributed by atoms with E-state index >= 15 is 0 Å². The van der Waals surface area contributed by atoms with Crippen molar-refractivity contribution < 1.29 is 0 Å². The Balaban J connectivity index is 2.37. The van der Waals surface area contributed by atoms with Crippen LogP contribution in [0.3, 0.4) is 0 Å². The molecule has 0 atom stereocenters. The molecular formula is C8H15N. The third kappa shape index (κ3) is 1.33. The number of hydrogen-bond donors (Lipinski definition) is 1. The Morgan fingerprint density at radius 1 is 1.67 bits per heavy atom. The van der Waals surface area contributed by atoms with Crippen molar-refractivity contribution >= 4 is 0 Å². The van der Waals surface area contributed by atoms with E-state index in [4.69, 9.17) is 0 Å². The summed E-state index contributed by atoms with van der Waals surface area (Å²) >= 11 is 0. The van der Waals surface area contributed by atoms with Gasteiger partial charge in [0.1, 0.15) is 0 Å². The maximum absolute atomic E-state index is 3.27. The monoisotopic (exact) mass is 125 g/mol. The number of nitrogens with one attached hydrogen (secondary N) is 1. The minimum Gasteiger partial charge on any atom is -0.315 e. The molecule has 0 bridgehead atoms. The zero-order valence-corrected chi connectivity index (χ0v) is 6.28. The van der Waals surface area contributed by atoms with Gasteiger partial charge in [-0.25, -0.2) is 0 Å². The summed E-state index contributed by atoms with van der Waals surface area (Å²) < 4.78 is 0. The van der Waals surface area contributed by atoms with Gasteiger partial charge in [0.05, 0.1) is 0 Å². The van der Waals surface area contributed by atoms with Gasteiger partial charge in [-0.3, -0.25) is 0 Å². The van der Waals surface area contributed by atoms with Crippen molar-refractivity contribution in [3.8, 4) is 0 Å². The topological polar surface area (TPSA) is 12.0 Å². The summed E-state index contributed by atoms with van der Waals surface area (Å²) in [5.74, 6) is 0.861. The van der Waals surface area contributed by atoms with Crippen molar-refractivity contribution in [2.24, 2.45) is 5.92 Å². The molecule has 0 aliphatic carbocycles. The highest BCUT2D eigenvalue weighted by molar-refractivity contribution is 5.09. The fourth-order valence-electron chi connectivity index (χ4n) is 1.28. The molecule has 1 heterocycles. The minimum atomic E-state index is 0.861. The lowest BCUT2D eigenvalue weighted by molar-refractivity contribution is 0.392. The molecule has 0 unspecified atom stereocenters. The van der Waals surface area contributed by atoms with E-state index in [2.05, 4.69) is 25.2 Å². The smallest absolute Gasteiger partial charge is 0.00471 e. The van der Waals surface area contributed by atoms with Gasteiger partial charge in [-0.2, -0.15) is 0 Å². The maximum Gasteiger partial charge on any atom is 0.00471 e. The van der Waals surface area contributed by atoms with E-state index in [1.54, 1.807) is 5.57 Å². The van der Waals surface area contributed by atoms with Gasteiger partial charge in [-0.1, -0.05) is 18.6 Å². The molecular weight excluding hydrogens is 110 g/mol. The SMILES string of the molecule is CC=C(CC)C1CNC1. The average molecular weight is 125 g/mol. The van der Waals surface area contributed by atoms with Crippen LogP contribution in [0.2, 0.25) is 0 Å². The molecule has 0 spiro atoms. The first kappa shape index (κ1) is 6.81. The van der Waals surface area contributed by atoms with Crippen LogP contribution in [0.5, 0.6) is 0 Å². The molecule has 1 fully saturated rings. The summed E-state index contributed by atoms with van der Waals surface area (Å²) in [6, 6.07) is 0. The highest BCUT2D eigenvalue weighted by Gasteiger charge is 2.18. The third-order valence-corrected chi connectivity index (χ3v) is 2.08. The van der Waals surface area contributed by atoms with E-state index < -0.39 is 0 Å². The van der Waals surface area contributed by atoms with Crippen LogP contribution >= 0.6 is 0 Å². The normalized spacial score (nSPS) is 21.8. The molecule has 1 aliphatic heterocycles. The van der Waals surface area contributed by atoms with Crippen molar-refractivity contribution in [3.05, 3.63) is 11.6 Å². The van der Waals surface area contributed by atoms with Crippen molar-refractivity contribution in [3.63, 3.8) is 0 Å². The number of rotatable bonds is 2. The van der Waals surface area contributed by atoms with Crippen LogP contribution in [-0.4, -0.2) is 13.1 Å². The van der Waals surface area contributed by atoms with Gasteiger partial charge in [0.25, 0.3) is 0 Å². The maximum atomic E-state index is 3.27. The summed E-state index contributed by atoms with van der Waals surface area (Å²) in [5, 5.41) is 3.27. The second kappa shape index (κ2) is 3.02. The molecule has 1 aliphatic rings. The molecule has 1 saturated heterocycles. The Kier molecular flexibility index (Phi) is 2.29. The fourth-order valence-corrected chi connectivity index (χ4v) is 1.28. The van der Waals surface area contributed by atoms with Gasteiger partial charge < -0.3 is 5.32 Å². The molecule has 0 saturated carbocycles. The molecule has 0 aromatic carbocycles. The van der Waals surface area contributed by atoms with Crippen LogP contribution < -0.4 is 5.32 Å². The lowest BCUT2D eigenvalue weighted by Crippen LogP contribution is -2.42. The second-order valence-electron chi connectivity index (χ2n) is 2.57. The molecule has 1 rings (SSSR count). The first-order chi connectivity index (χ1) is 4.38. The van der Waals surface area contributed by atoms with Gasteiger partial charge in [-0.05, 0) is 13.3 Å². The molecule has 1 nitrogen and oxygen atoms in total. The Morgan fingerprint density at radius 2 is 2.33 bits per heavy atom. The molecule has 52 valence electrons. The number of hydrogen-bond acceptors (Lipinski definition) is 1. The Bertz CT molecular complexity index is 112. The minimum absolute atomic E-state index is 0.861. The van der Waals surface area contributed by atoms with E-state index in [0.29, 0.717) is 0 Å². The van der Waals surface area contributed by atoms with E-state index in [1.807, 2.05) is 0 Å². The summed E-state index contributed by atoms with van der Waals surface area (Å²) in [5.41, 5.74) is 1.62. The molecule has 0 aromatic rings. The van der Waals surface area contributed by atoms with E-state index in [9.17, 15) is 0 Å². The van der Waals surface area contributed by atoms with Crippen LogP contribution in [0.1, 0.15) is 20.3 Å². The molecule has 1 heteroatoms. The lowest BCUT2D eigenvalue weighted by Gasteiger charge is -2.29. The average Bonchev–Trinajstić information content (AvgIpc) is 1.78. The predicted octanol–water partition coefficient (Wildman–Crippen LogP) is 1.56. The summed E-state index contributed by atoms with van der Waals surface area (Å²) in [7, 11) is 0. The number of allylic oxidation sites excluding steroid dienone is 1. The van der Waals surface area contributed by atoms with E-state index in [-0.39, 0.29) is 0 Å². The Morgan fingerprint density at radius 3 is 2.44 bits per heavy atom. The van der Waals surface area contributed by atoms with Crippen molar-refractivity contribution in [1.82, 2.24) is 5.32 Å². The second-order valence-corrected chi connectivity index (χ2v) is 2.57. The Labute approximate surface area is 57.1 Å². The molecule has 0 amide bonds. The largest absolute Gasteiger partial charge is 0.315 e. The third-order valence-electron chi connectivity index (χ3n) is 2.08. The zero-order chi connectivity index (χ0) is 6.69. The molecule has 0 radical (unpaired) electrons. The van der Waals surface area contributed by atoms with Crippen LogP contribution in [0.15, 0.2) is 11.6 Å². The van der Waals surface area contributed by atoms with Crippen LogP contribution in [0.25, 0.3) is 0 Å². The molecule has 1 N–H and O–H groups in total. The standard InChI is InChI=1S/C8H15N/c1-3-7(4-2)8-5-9-6-8/h3,8-9H,4-6H2,1-2H3. The predicted molar refractivity (Wildman–Crippen MR) is 40.4 cm³/mol. The van der Waals surface area contributed by atoms with Crippen molar-refractivity contribution in [2.75, 3.05) is 13.1 Å². The molecule has 9 heavy (non-hydrogen) atoms. The first-order valence-corrected chi connectivity index (χ1v) is 3.74. The highest BCUT2D eigenvalue weighted by atomic mass is 14.9. The van der Waals surface area contributed by atoms with Gasteiger partial charge in [-0.15, -0.1) is 0 Å². The Hall–Kier alpha value is -0.300. The van der Waals surface area contributed by atoms with E-state index in [0.717, 1.165) is 5.92 Å². The molecule has 0 aromatic heterocycles. The summed E-state index contributed by atoms with van der Waals surface area (Å²) in [4.78, 5) is 0. The lowest BCUT2D eigenvalue weighted by atomic mass is 9.92. The first-order valence-electron chi connectivity index (χ1n) is 3.74. The quantitative estimate of drug-likeness (QED) is 0.552. The zero-order valence-electron chi connectivity index (χ0n) is 6.28. The van der Waals surface area contributed by atoms with Gasteiger partial charge in [0.2, 0.25) is 0 Å². The van der Waals surface area contributed by atoms with E-state index in [1.165, 1.54) is 19.5 Å². The fraction of sp³-hybridized carbons (Fsp3) is 0.750. The van der Waals surface area contributed by atoms with Crippen molar-refractivity contribution in [1.29, 1.82) is 0 Å². The summed E-state index contributed by atoms with van der Waals surface area (Å²) in [6.45, 7) is 6.77. The van der Waals surface area contributed by atoms with Gasteiger partial charge in [0, 0.05) is 19.0 Å². The van der Waals surface area contributed by atoms with Crippen molar-refractivity contribution in [2.45, 2.75) is 20.3 Å². The van der Waals surface area contributed by atoms with Crippen LogP contribution in [-0.2, 0) is 0 Å². The summed E-state index contributed by atoms with van der Waals surface area (Å²) in [6.07, 6.45) is 3.48. The van der Waals surface area contributed by atoms with Crippen LogP contribution in [0.4, 0.5) is 0 Å². The highest BCUT2D eigenvalue weighted by Crippen LogP contribution is 2.17. The van der Waals surface area contributed by atoms with Crippen LogP contribution in [0, 0.1) is 5.92 Å². The van der Waals surface area contributed by atoms with Gasteiger partial charge in [0.15, 0.2) is 0 Å². The van der Waals surface area contributed by atoms with Gasteiger partial charge >= 0.3 is 0 Å².